The maximum absolute atomic E-state index is 12.5. The first-order chi connectivity index (χ1) is 14.1. The quantitative estimate of drug-likeness (QED) is 0.733. The fourth-order valence-electron chi connectivity index (χ4n) is 3.31. The summed E-state index contributed by atoms with van der Waals surface area (Å²) in [5.74, 6) is 1.16. The highest BCUT2D eigenvalue weighted by Gasteiger charge is 2.21. The largest absolute Gasteiger partial charge is 0.337 e. The molecule has 8 nitrogen and oxygen atoms in total. The van der Waals surface area contributed by atoms with Gasteiger partial charge in [0.15, 0.2) is 0 Å². The predicted octanol–water partition coefficient (Wildman–Crippen LogP) is 2.46. The Kier molecular flexibility index (Phi) is 5.33. The maximum atomic E-state index is 12.5. The lowest BCUT2D eigenvalue weighted by Crippen LogP contribution is -2.47. The van der Waals surface area contributed by atoms with Gasteiger partial charge >= 0.3 is 0 Å². The van der Waals surface area contributed by atoms with E-state index in [4.69, 9.17) is 0 Å². The van der Waals surface area contributed by atoms with E-state index in [1.54, 1.807) is 24.8 Å². The van der Waals surface area contributed by atoms with E-state index in [0.717, 1.165) is 48.9 Å². The molecule has 0 unspecified atom stereocenters. The highest BCUT2D eigenvalue weighted by Crippen LogP contribution is 2.18. The number of hydrogen-bond acceptors (Lipinski definition) is 7. The summed E-state index contributed by atoms with van der Waals surface area (Å²) in [4.78, 5) is 34.2. The van der Waals surface area contributed by atoms with Crippen molar-refractivity contribution < 1.29 is 4.79 Å². The average molecular weight is 389 g/mol. The van der Waals surface area contributed by atoms with Gasteiger partial charge in [0.25, 0.3) is 5.91 Å². The summed E-state index contributed by atoms with van der Waals surface area (Å²) < 4.78 is 0. The van der Waals surface area contributed by atoms with E-state index < -0.39 is 0 Å². The second-order valence-corrected chi connectivity index (χ2v) is 7.07. The number of hydrogen-bond donors (Lipinski definition) is 1. The molecular weight excluding hydrogens is 366 g/mol. The SMILES string of the molecule is Cc1ccc(NC(=O)c2cnc(N3CCN(c4ncccn4)CC3)nc2)c(C)c1. The minimum atomic E-state index is -0.213. The van der Waals surface area contributed by atoms with Gasteiger partial charge in [-0.1, -0.05) is 17.7 Å². The minimum Gasteiger partial charge on any atom is -0.337 e. The lowest BCUT2D eigenvalue weighted by molar-refractivity contribution is 0.102. The van der Waals surface area contributed by atoms with E-state index in [2.05, 4.69) is 35.1 Å². The van der Waals surface area contributed by atoms with Crippen molar-refractivity contribution in [1.82, 2.24) is 19.9 Å². The third-order valence-corrected chi connectivity index (χ3v) is 4.93. The molecule has 1 aromatic carbocycles. The number of carbonyl (C=O) groups is 1. The van der Waals surface area contributed by atoms with Crippen molar-refractivity contribution in [2.75, 3.05) is 41.3 Å². The van der Waals surface area contributed by atoms with E-state index in [1.165, 1.54) is 0 Å². The summed E-state index contributed by atoms with van der Waals surface area (Å²) in [7, 11) is 0. The molecule has 2 aromatic heterocycles. The summed E-state index contributed by atoms with van der Waals surface area (Å²) in [6, 6.07) is 7.73. The summed E-state index contributed by atoms with van der Waals surface area (Å²) in [5, 5.41) is 2.92. The van der Waals surface area contributed by atoms with Gasteiger partial charge in [-0.25, -0.2) is 19.9 Å². The third kappa shape index (κ3) is 4.31. The van der Waals surface area contributed by atoms with Crippen molar-refractivity contribution in [2.45, 2.75) is 13.8 Å². The van der Waals surface area contributed by atoms with Crippen LogP contribution in [0.4, 0.5) is 17.6 Å². The Balaban J connectivity index is 1.37. The number of aromatic nitrogens is 4. The molecule has 3 aromatic rings. The van der Waals surface area contributed by atoms with Crippen LogP contribution in [-0.4, -0.2) is 52.0 Å². The van der Waals surface area contributed by atoms with Crippen LogP contribution >= 0.6 is 0 Å². The molecule has 0 radical (unpaired) electrons. The first kappa shape index (κ1) is 18.8. The molecule has 1 aliphatic rings. The Labute approximate surface area is 169 Å². The summed E-state index contributed by atoms with van der Waals surface area (Å²) in [6.07, 6.45) is 6.65. The summed E-state index contributed by atoms with van der Waals surface area (Å²) in [6.45, 7) is 7.13. The second-order valence-electron chi connectivity index (χ2n) is 7.07. The normalized spacial score (nSPS) is 14.0. The number of benzene rings is 1. The molecule has 148 valence electrons. The second kappa shape index (κ2) is 8.22. The van der Waals surface area contributed by atoms with Gasteiger partial charge in [0.1, 0.15) is 0 Å². The average Bonchev–Trinajstić information content (AvgIpc) is 2.76. The van der Waals surface area contributed by atoms with E-state index in [1.807, 2.05) is 38.1 Å². The molecule has 1 amide bonds. The van der Waals surface area contributed by atoms with Crippen LogP contribution in [0.1, 0.15) is 21.5 Å². The van der Waals surface area contributed by atoms with Crippen molar-refractivity contribution in [1.29, 1.82) is 0 Å². The summed E-state index contributed by atoms with van der Waals surface area (Å²) >= 11 is 0. The highest BCUT2D eigenvalue weighted by atomic mass is 16.1. The van der Waals surface area contributed by atoms with Gasteiger partial charge in [-0.15, -0.1) is 0 Å². The Morgan fingerprint density at radius 1 is 0.897 bits per heavy atom. The molecule has 1 fully saturated rings. The monoisotopic (exact) mass is 389 g/mol. The van der Waals surface area contributed by atoms with Crippen LogP contribution in [-0.2, 0) is 0 Å². The first-order valence-corrected chi connectivity index (χ1v) is 9.58. The number of amides is 1. The number of anilines is 3. The van der Waals surface area contributed by atoms with Gasteiger partial charge < -0.3 is 15.1 Å². The predicted molar refractivity (Wildman–Crippen MR) is 112 cm³/mol. The van der Waals surface area contributed by atoms with Gasteiger partial charge in [0.05, 0.1) is 5.56 Å². The Hall–Kier alpha value is -3.55. The zero-order valence-corrected chi connectivity index (χ0v) is 16.5. The zero-order valence-electron chi connectivity index (χ0n) is 16.5. The fourth-order valence-corrected chi connectivity index (χ4v) is 3.31. The highest BCUT2D eigenvalue weighted by molar-refractivity contribution is 6.04. The molecule has 0 atom stereocenters. The number of nitrogens with one attached hydrogen (secondary N) is 1. The number of nitrogens with zero attached hydrogens (tertiary/aromatic N) is 6. The van der Waals surface area contributed by atoms with Crippen LogP contribution in [0.3, 0.4) is 0 Å². The van der Waals surface area contributed by atoms with Gasteiger partial charge in [-0.05, 0) is 31.5 Å². The molecule has 0 spiro atoms. The number of rotatable bonds is 4. The zero-order chi connectivity index (χ0) is 20.2. The third-order valence-electron chi connectivity index (χ3n) is 4.93. The minimum absolute atomic E-state index is 0.213. The topological polar surface area (TPSA) is 87.1 Å². The van der Waals surface area contributed by atoms with Crippen LogP contribution < -0.4 is 15.1 Å². The van der Waals surface area contributed by atoms with Crippen molar-refractivity contribution in [3.63, 3.8) is 0 Å². The smallest absolute Gasteiger partial charge is 0.258 e. The van der Waals surface area contributed by atoms with Gasteiger partial charge in [0.2, 0.25) is 11.9 Å². The van der Waals surface area contributed by atoms with Gasteiger partial charge in [-0.3, -0.25) is 4.79 Å². The Bertz CT molecular complexity index is 984. The lowest BCUT2D eigenvalue weighted by Gasteiger charge is -2.34. The summed E-state index contributed by atoms with van der Waals surface area (Å²) in [5.41, 5.74) is 3.41. The molecule has 1 saturated heterocycles. The van der Waals surface area contributed by atoms with E-state index >= 15 is 0 Å². The van der Waals surface area contributed by atoms with Crippen LogP contribution in [0.5, 0.6) is 0 Å². The maximum Gasteiger partial charge on any atom is 0.258 e. The fraction of sp³-hybridized carbons (Fsp3) is 0.286. The molecule has 3 heterocycles. The molecule has 8 heteroatoms. The standard InChI is InChI=1S/C21H23N7O/c1-15-4-5-18(16(2)12-15)26-19(29)17-13-24-21(25-14-17)28-10-8-27(9-11-28)20-22-6-3-7-23-20/h3-7,12-14H,8-11H2,1-2H3,(H,26,29). The van der Waals surface area contributed by atoms with E-state index in [9.17, 15) is 4.79 Å². The molecular formula is C21H23N7O. The van der Waals surface area contributed by atoms with Crippen LogP contribution in [0.15, 0.2) is 49.1 Å². The number of carbonyl (C=O) groups excluding carboxylic acids is 1. The van der Waals surface area contributed by atoms with Crippen molar-refractivity contribution in [2.24, 2.45) is 0 Å². The van der Waals surface area contributed by atoms with Crippen LogP contribution in [0.2, 0.25) is 0 Å². The van der Waals surface area contributed by atoms with Gasteiger partial charge in [0, 0.05) is 56.7 Å². The number of piperazine rings is 1. The van der Waals surface area contributed by atoms with Crippen LogP contribution in [0, 0.1) is 13.8 Å². The molecule has 1 N–H and O–H groups in total. The molecule has 0 aliphatic carbocycles. The number of aryl methyl sites for hydroxylation is 2. The molecule has 1 aliphatic heterocycles. The van der Waals surface area contributed by atoms with E-state index in [0.29, 0.717) is 11.5 Å². The van der Waals surface area contributed by atoms with Crippen LogP contribution in [0.25, 0.3) is 0 Å². The van der Waals surface area contributed by atoms with Gasteiger partial charge in [-0.2, -0.15) is 0 Å². The lowest BCUT2D eigenvalue weighted by atomic mass is 10.1. The molecule has 4 rings (SSSR count). The van der Waals surface area contributed by atoms with Crippen molar-refractivity contribution >= 4 is 23.5 Å². The Morgan fingerprint density at radius 2 is 1.48 bits per heavy atom. The Morgan fingerprint density at radius 3 is 2.07 bits per heavy atom. The molecule has 29 heavy (non-hydrogen) atoms. The first-order valence-electron chi connectivity index (χ1n) is 9.58. The molecule has 0 saturated carbocycles. The van der Waals surface area contributed by atoms with Crippen molar-refractivity contribution in [3.8, 4) is 0 Å². The van der Waals surface area contributed by atoms with Crippen molar-refractivity contribution in [3.05, 3.63) is 65.7 Å². The van der Waals surface area contributed by atoms with E-state index in [-0.39, 0.29) is 5.91 Å². The molecule has 0 bridgehead atoms.